The van der Waals surface area contributed by atoms with E-state index in [1.807, 2.05) is 6.20 Å². The standard InChI is InChI=1S/C8H21NSi2/c1-8-9(10(2,3)4)11(5,6)7/h8H,1H2,2-7H3. The first-order chi connectivity index (χ1) is 4.69. The molecule has 0 aliphatic rings. The molecule has 0 aromatic carbocycles. The molecule has 3 heteroatoms. The van der Waals surface area contributed by atoms with E-state index in [0.29, 0.717) is 0 Å². The van der Waals surface area contributed by atoms with Crippen LogP contribution in [0.1, 0.15) is 0 Å². The van der Waals surface area contributed by atoms with E-state index in [0.717, 1.165) is 0 Å². The third kappa shape index (κ3) is 3.25. The zero-order valence-corrected chi connectivity index (χ0v) is 10.7. The largest absolute Gasteiger partial charge is 0.431 e. The van der Waals surface area contributed by atoms with Gasteiger partial charge >= 0.3 is 0 Å². The van der Waals surface area contributed by atoms with E-state index in [1.54, 1.807) is 0 Å². The Balaban J connectivity index is 4.56. The Morgan fingerprint density at radius 3 is 1.18 bits per heavy atom. The van der Waals surface area contributed by atoms with E-state index < -0.39 is 16.5 Å². The molecular formula is C8H21NSi2. The van der Waals surface area contributed by atoms with E-state index >= 15 is 0 Å². The van der Waals surface area contributed by atoms with Crippen LogP contribution in [0.25, 0.3) is 0 Å². The van der Waals surface area contributed by atoms with Crippen LogP contribution in [0.5, 0.6) is 0 Å². The normalized spacial score (nSPS) is 12.9. The average molecular weight is 187 g/mol. The van der Waals surface area contributed by atoms with E-state index in [1.165, 1.54) is 0 Å². The van der Waals surface area contributed by atoms with Crippen LogP contribution >= 0.6 is 0 Å². The summed E-state index contributed by atoms with van der Waals surface area (Å²) < 4.78 is 2.54. The molecule has 0 aromatic heterocycles. The summed E-state index contributed by atoms with van der Waals surface area (Å²) in [5, 5.41) is 0. The SMILES string of the molecule is C=CN([Si](C)(C)C)[Si](C)(C)C. The van der Waals surface area contributed by atoms with Gasteiger partial charge in [0.1, 0.15) is 16.5 Å². The zero-order valence-electron chi connectivity index (χ0n) is 8.73. The molecule has 0 fully saturated rings. The molecule has 0 radical (unpaired) electrons. The van der Waals surface area contributed by atoms with Crippen molar-refractivity contribution in [2.75, 3.05) is 0 Å². The van der Waals surface area contributed by atoms with E-state index in [4.69, 9.17) is 0 Å². The average Bonchev–Trinajstić information content (AvgIpc) is 1.56. The Hall–Kier alpha value is -0.0262. The first-order valence-electron chi connectivity index (χ1n) is 4.11. The summed E-state index contributed by atoms with van der Waals surface area (Å²) in [4.78, 5) is 0. The van der Waals surface area contributed by atoms with Crippen molar-refractivity contribution >= 4 is 16.5 Å². The van der Waals surface area contributed by atoms with Gasteiger partial charge in [-0.3, -0.25) is 0 Å². The quantitative estimate of drug-likeness (QED) is 0.614. The number of hydrogen-bond donors (Lipinski definition) is 0. The Labute approximate surface area is 73.3 Å². The summed E-state index contributed by atoms with van der Waals surface area (Å²) in [7, 11) is -2.29. The molecule has 11 heavy (non-hydrogen) atoms. The topological polar surface area (TPSA) is 3.24 Å². The fourth-order valence-electron chi connectivity index (χ4n) is 1.55. The molecule has 0 saturated carbocycles. The lowest BCUT2D eigenvalue weighted by atomic mass is 11.1. The maximum Gasteiger partial charge on any atom is 0.137 e. The predicted molar refractivity (Wildman–Crippen MR) is 58.7 cm³/mol. The van der Waals surface area contributed by atoms with Crippen LogP contribution in [-0.4, -0.2) is 20.7 Å². The highest BCUT2D eigenvalue weighted by atomic mass is 28.4. The first kappa shape index (κ1) is 11.0. The summed E-state index contributed by atoms with van der Waals surface area (Å²) in [5.74, 6) is 0. The summed E-state index contributed by atoms with van der Waals surface area (Å²) in [6.07, 6.45) is 2.04. The second-order valence-corrected chi connectivity index (χ2v) is 15.0. The predicted octanol–water partition coefficient (Wildman–Crippen LogP) is 3.10. The van der Waals surface area contributed by atoms with Crippen LogP contribution in [-0.2, 0) is 0 Å². The number of rotatable bonds is 3. The van der Waals surface area contributed by atoms with Crippen molar-refractivity contribution in [1.82, 2.24) is 4.23 Å². The molecule has 0 N–H and O–H groups in total. The van der Waals surface area contributed by atoms with Gasteiger partial charge in [-0.15, -0.1) is 0 Å². The van der Waals surface area contributed by atoms with Gasteiger partial charge in [0.05, 0.1) is 0 Å². The van der Waals surface area contributed by atoms with Crippen molar-refractivity contribution in [3.63, 3.8) is 0 Å². The minimum absolute atomic E-state index is 1.15. The molecule has 0 amide bonds. The van der Waals surface area contributed by atoms with Gasteiger partial charge in [0.15, 0.2) is 0 Å². The number of hydrogen-bond acceptors (Lipinski definition) is 1. The molecule has 66 valence electrons. The highest BCUT2D eigenvalue weighted by molar-refractivity contribution is 6.89. The first-order valence-corrected chi connectivity index (χ1v) is 11.0. The fraction of sp³-hybridized carbons (Fsp3) is 0.750. The van der Waals surface area contributed by atoms with Crippen molar-refractivity contribution < 1.29 is 0 Å². The maximum absolute atomic E-state index is 3.89. The molecule has 0 rings (SSSR count). The van der Waals surface area contributed by atoms with Crippen LogP contribution in [0, 0.1) is 0 Å². The molecule has 1 nitrogen and oxygen atoms in total. The molecule has 0 bridgehead atoms. The lowest BCUT2D eigenvalue weighted by Crippen LogP contribution is -2.55. The monoisotopic (exact) mass is 187 g/mol. The van der Waals surface area contributed by atoms with Crippen molar-refractivity contribution in [1.29, 1.82) is 0 Å². The van der Waals surface area contributed by atoms with Crippen molar-refractivity contribution in [3.8, 4) is 0 Å². The third-order valence-corrected chi connectivity index (χ3v) is 8.91. The highest BCUT2D eigenvalue weighted by Gasteiger charge is 2.30. The van der Waals surface area contributed by atoms with Crippen molar-refractivity contribution in [3.05, 3.63) is 12.8 Å². The summed E-state index contributed by atoms with van der Waals surface area (Å²) >= 11 is 0. The minimum atomic E-state index is -1.15. The van der Waals surface area contributed by atoms with Gasteiger partial charge in [-0.25, -0.2) is 0 Å². The molecule has 0 spiro atoms. The highest BCUT2D eigenvalue weighted by Crippen LogP contribution is 2.19. The van der Waals surface area contributed by atoms with Gasteiger partial charge in [0.25, 0.3) is 0 Å². The maximum atomic E-state index is 3.89. The van der Waals surface area contributed by atoms with Crippen LogP contribution < -0.4 is 0 Å². The number of nitrogens with zero attached hydrogens (tertiary/aromatic N) is 1. The molecule has 0 aromatic rings. The zero-order chi connectivity index (χ0) is 9.28. The Morgan fingerprint density at radius 1 is 0.909 bits per heavy atom. The van der Waals surface area contributed by atoms with Gasteiger partial charge in [-0.1, -0.05) is 45.9 Å². The molecule has 0 aliphatic carbocycles. The van der Waals surface area contributed by atoms with Crippen LogP contribution in [0.4, 0.5) is 0 Å². The summed E-state index contributed by atoms with van der Waals surface area (Å²) in [6, 6.07) is 0. The van der Waals surface area contributed by atoms with Crippen molar-refractivity contribution in [2.24, 2.45) is 0 Å². The van der Waals surface area contributed by atoms with Gasteiger partial charge in [-0.05, 0) is 6.20 Å². The third-order valence-electron chi connectivity index (χ3n) is 1.63. The fourth-order valence-corrected chi connectivity index (χ4v) is 10.7. The lowest BCUT2D eigenvalue weighted by molar-refractivity contribution is 0.835. The van der Waals surface area contributed by atoms with E-state index in [-0.39, 0.29) is 0 Å². The molecule has 0 unspecified atom stereocenters. The minimum Gasteiger partial charge on any atom is -0.431 e. The van der Waals surface area contributed by atoms with Gasteiger partial charge in [-0.2, -0.15) is 0 Å². The van der Waals surface area contributed by atoms with Crippen LogP contribution in [0.15, 0.2) is 12.8 Å². The molecule has 0 saturated heterocycles. The molecule has 0 aliphatic heterocycles. The molecular weight excluding hydrogens is 166 g/mol. The Kier molecular flexibility index (Phi) is 3.14. The smallest absolute Gasteiger partial charge is 0.137 e. The molecule has 0 atom stereocenters. The second-order valence-electron chi connectivity index (χ2n) is 4.89. The van der Waals surface area contributed by atoms with Gasteiger partial charge < -0.3 is 4.23 Å². The van der Waals surface area contributed by atoms with Crippen molar-refractivity contribution in [2.45, 2.75) is 39.3 Å². The van der Waals surface area contributed by atoms with Crippen LogP contribution in [0.2, 0.25) is 39.3 Å². The van der Waals surface area contributed by atoms with Gasteiger partial charge in [0, 0.05) is 0 Å². The second kappa shape index (κ2) is 3.15. The van der Waals surface area contributed by atoms with E-state index in [2.05, 4.69) is 50.1 Å². The Morgan fingerprint density at radius 2 is 1.18 bits per heavy atom. The summed E-state index contributed by atoms with van der Waals surface area (Å²) in [5.41, 5.74) is 0. The lowest BCUT2D eigenvalue weighted by Gasteiger charge is -2.42. The molecule has 0 heterocycles. The van der Waals surface area contributed by atoms with E-state index in [9.17, 15) is 0 Å². The van der Waals surface area contributed by atoms with Crippen LogP contribution in [0.3, 0.4) is 0 Å². The summed E-state index contributed by atoms with van der Waals surface area (Å²) in [6.45, 7) is 18.1. The van der Waals surface area contributed by atoms with Gasteiger partial charge in [0.2, 0.25) is 0 Å². The Bertz CT molecular complexity index is 127.